The Morgan fingerprint density at radius 3 is 1.88 bits per heavy atom. The van der Waals surface area contributed by atoms with Crippen LogP contribution in [0.25, 0.3) is 11.1 Å². The van der Waals surface area contributed by atoms with Crippen LogP contribution >= 0.6 is 0 Å². The maximum atomic E-state index is 13.9. The highest BCUT2D eigenvalue weighted by molar-refractivity contribution is 6.09. The van der Waals surface area contributed by atoms with Crippen molar-refractivity contribution in [3.8, 4) is 5.75 Å². The third kappa shape index (κ3) is 4.95. The molecule has 2 aliphatic carbocycles. The standard InChI is InChI=1S/C42H40N4O4/c1-23-5-7-30-32-9-12-46-22-28-16-26(19-38(50-4)42(28)48)18-37-40-33(31-8-6-29(49-3)20-35(31)44-40)10-11-45(37)21-27-15-25(14-24(2)41(27)47)17-36(46)39(32)43-34(30)13-23/h5-8,13-16,19-20,25-26H,9-12,17-18,21-22H2,1-4H3. The molecule has 0 N–H and O–H groups in total. The molecule has 0 aromatic heterocycles. The van der Waals surface area contributed by atoms with Crippen LogP contribution in [0.15, 0.2) is 116 Å². The summed E-state index contributed by atoms with van der Waals surface area (Å²) in [6, 6.07) is 12.6. The molecule has 2 aromatic carbocycles. The van der Waals surface area contributed by atoms with Crippen LogP contribution in [0.5, 0.6) is 5.75 Å². The van der Waals surface area contributed by atoms with Gasteiger partial charge in [-0.2, -0.15) is 0 Å². The number of carbonyl (C=O) groups is 2. The normalized spacial score (nSPS) is 23.9. The minimum absolute atomic E-state index is 0.0183. The smallest absolute Gasteiger partial charge is 0.224 e. The monoisotopic (exact) mass is 664 g/mol. The van der Waals surface area contributed by atoms with E-state index in [-0.39, 0.29) is 23.4 Å². The number of rotatable bonds is 2. The minimum Gasteiger partial charge on any atom is -0.497 e. The van der Waals surface area contributed by atoms with Crippen molar-refractivity contribution in [2.24, 2.45) is 21.8 Å². The lowest BCUT2D eigenvalue weighted by molar-refractivity contribution is -0.115. The van der Waals surface area contributed by atoms with Crippen LogP contribution in [0.2, 0.25) is 0 Å². The van der Waals surface area contributed by atoms with E-state index in [1.54, 1.807) is 14.2 Å². The van der Waals surface area contributed by atoms with E-state index in [1.807, 2.05) is 25.1 Å². The van der Waals surface area contributed by atoms with Crippen molar-refractivity contribution >= 4 is 22.7 Å². The second-order valence-electron chi connectivity index (χ2n) is 14.4. The lowest BCUT2D eigenvalue weighted by atomic mass is 9.84. The topological polar surface area (TPSA) is 83.8 Å². The molecule has 0 radical (unpaired) electrons. The number of methoxy groups -OCH3 is 2. The Hall–Kier alpha value is -5.24. The van der Waals surface area contributed by atoms with Crippen LogP contribution in [0, 0.1) is 18.8 Å². The number of aryl methyl sites for hydroxylation is 1. The Morgan fingerprint density at radius 1 is 0.680 bits per heavy atom. The average molecular weight is 665 g/mol. The van der Waals surface area contributed by atoms with Crippen molar-refractivity contribution in [3.63, 3.8) is 0 Å². The summed E-state index contributed by atoms with van der Waals surface area (Å²) in [6.45, 7) is 6.58. The summed E-state index contributed by atoms with van der Waals surface area (Å²) in [7, 11) is 3.26. The number of nitrogens with zero attached hydrogens (tertiary/aromatic N) is 4. The van der Waals surface area contributed by atoms with Crippen LogP contribution in [-0.4, -0.2) is 61.8 Å². The summed E-state index contributed by atoms with van der Waals surface area (Å²) in [5.74, 6) is 1.13. The second kappa shape index (κ2) is 11.7. The maximum absolute atomic E-state index is 13.9. The Labute approximate surface area is 291 Å². The maximum Gasteiger partial charge on any atom is 0.224 e. The molecule has 7 aliphatic rings. The summed E-state index contributed by atoms with van der Waals surface area (Å²) < 4.78 is 11.3. The van der Waals surface area contributed by atoms with Crippen LogP contribution < -0.4 is 25.9 Å². The molecule has 252 valence electrons. The van der Waals surface area contributed by atoms with Gasteiger partial charge in [-0.25, -0.2) is 9.98 Å². The number of Topliss-reactive ketones (excluding diaryl/α,β-unsaturated/α-hetero) is 2. The van der Waals surface area contributed by atoms with E-state index >= 15 is 0 Å². The summed E-state index contributed by atoms with van der Waals surface area (Å²) in [4.78, 5) is 42.8. The first-order chi connectivity index (χ1) is 24.3. The second-order valence-corrected chi connectivity index (χ2v) is 14.4. The van der Waals surface area contributed by atoms with Gasteiger partial charge in [-0.3, -0.25) is 9.59 Å². The van der Waals surface area contributed by atoms with Crippen molar-refractivity contribution < 1.29 is 19.1 Å². The Morgan fingerprint density at radius 2 is 1.26 bits per heavy atom. The van der Waals surface area contributed by atoms with Gasteiger partial charge in [0.2, 0.25) is 5.78 Å². The summed E-state index contributed by atoms with van der Waals surface area (Å²) in [5.41, 5.74) is 10.3. The molecule has 5 heterocycles. The van der Waals surface area contributed by atoms with Gasteiger partial charge in [0.1, 0.15) is 5.75 Å². The Kier molecular flexibility index (Phi) is 7.19. The summed E-state index contributed by atoms with van der Waals surface area (Å²) >= 11 is 0. The third-order valence-corrected chi connectivity index (χ3v) is 11.2. The molecule has 2 atom stereocenters. The van der Waals surface area contributed by atoms with Gasteiger partial charge in [-0.15, -0.1) is 0 Å². The SMILES string of the molecule is COC1=CC2C=C(CN3CCC4=c5ccc(C)cc5=NC4=C3CC3C=C(C)C(=O)C(=C3)CN3CCC4=c5ccc(OC)cc5=NC4=C3C2)C1=O. The minimum atomic E-state index is -0.0878. The van der Waals surface area contributed by atoms with E-state index in [9.17, 15) is 9.59 Å². The Balaban J connectivity index is 1.21. The number of ketones is 2. The highest BCUT2D eigenvalue weighted by Gasteiger charge is 2.36. The lowest BCUT2D eigenvalue weighted by Gasteiger charge is -2.38. The largest absolute Gasteiger partial charge is 0.497 e. The molecule has 0 fully saturated rings. The molecular formula is C42H40N4O4. The van der Waals surface area contributed by atoms with E-state index in [1.165, 1.54) is 21.9 Å². The van der Waals surface area contributed by atoms with E-state index < -0.39 is 0 Å². The molecule has 50 heavy (non-hydrogen) atoms. The molecule has 0 amide bonds. The molecule has 2 aromatic rings. The molecule has 8 heteroatoms. The van der Waals surface area contributed by atoms with Crippen LogP contribution in [0.1, 0.15) is 38.2 Å². The van der Waals surface area contributed by atoms with Gasteiger partial charge in [0.25, 0.3) is 0 Å². The number of fused-ring (bicyclic) bond motifs is 8. The zero-order valence-corrected chi connectivity index (χ0v) is 29.0. The van der Waals surface area contributed by atoms with Gasteiger partial charge in [-0.05, 0) is 86.1 Å². The van der Waals surface area contributed by atoms with Crippen LogP contribution in [0.3, 0.4) is 0 Å². The van der Waals surface area contributed by atoms with Crippen molar-refractivity contribution in [1.29, 1.82) is 0 Å². The number of benzene rings is 2. The number of allylic oxidation sites excluding steroid dienone is 10. The Bertz CT molecular complexity index is 2390. The molecule has 8 nitrogen and oxygen atoms in total. The molecule has 5 aliphatic heterocycles. The number of hydrogen-bond acceptors (Lipinski definition) is 8. The van der Waals surface area contributed by atoms with Crippen molar-refractivity contribution in [2.75, 3.05) is 40.4 Å². The highest BCUT2D eigenvalue weighted by Crippen LogP contribution is 2.40. The first-order valence-electron chi connectivity index (χ1n) is 17.6. The lowest BCUT2D eigenvalue weighted by Crippen LogP contribution is -2.37. The predicted molar refractivity (Wildman–Crippen MR) is 190 cm³/mol. The molecular weight excluding hydrogens is 624 g/mol. The van der Waals surface area contributed by atoms with E-state index in [2.05, 4.69) is 59.2 Å². The highest BCUT2D eigenvalue weighted by atomic mass is 16.5. The fraction of sp³-hybridized carbons (Fsp3) is 0.333. The van der Waals surface area contributed by atoms with E-state index in [0.717, 1.165) is 87.1 Å². The van der Waals surface area contributed by atoms with Gasteiger partial charge in [-0.1, -0.05) is 30.4 Å². The first kappa shape index (κ1) is 30.8. The average Bonchev–Trinajstić information content (AvgIpc) is 3.67. The van der Waals surface area contributed by atoms with Gasteiger partial charge in [0, 0.05) is 77.1 Å². The van der Waals surface area contributed by atoms with Gasteiger partial charge in [0.05, 0.1) is 36.3 Å². The van der Waals surface area contributed by atoms with Gasteiger partial charge in [0.15, 0.2) is 11.5 Å². The van der Waals surface area contributed by atoms with Crippen molar-refractivity contribution in [1.82, 2.24) is 9.80 Å². The summed E-state index contributed by atoms with van der Waals surface area (Å²) in [6.07, 6.45) is 11.4. The molecule has 2 unspecified atom stereocenters. The van der Waals surface area contributed by atoms with Crippen molar-refractivity contribution in [3.05, 3.63) is 133 Å². The molecule has 0 saturated carbocycles. The number of hydrogen-bond donors (Lipinski definition) is 0. The summed E-state index contributed by atoms with van der Waals surface area (Å²) in [5, 5.41) is 4.27. The van der Waals surface area contributed by atoms with Crippen LogP contribution in [0.4, 0.5) is 0 Å². The molecule has 0 spiro atoms. The number of carbonyl (C=O) groups excluding carboxylic acids is 2. The molecule has 4 bridgehead atoms. The van der Waals surface area contributed by atoms with E-state index in [0.29, 0.717) is 31.7 Å². The molecule has 9 rings (SSSR count). The zero-order chi connectivity index (χ0) is 34.3. The molecule has 0 saturated heterocycles. The quantitative estimate of drug-likeness (QED) is 0.488. The number of ether oxygens (including phenoxy) is 2. The van der Waals surface area contributed by atoms with Gasteiger partial charge >= 0.3 is 0 Å². The van der Waals surface area contributed by atoms with E-state index in [4.69, 9.17) is 19.5 Å². The van der Waals surface area contributed by atoms with Crippen LogP contribution in [-0.2, 0) is 14.3 Å². The predicted octanol–water partition coefficient (Wildman–Crippen LogP) is 3.63. The van der Waals surface area contributed by atoms with Crippen molar-refractivity contribution in [2.45, 2.75) is 39.5 Å². The fourth-order valence-electron chi connectivity index (χ4n) is 8.80. The van der Waals surface area contributed by atoms with Gasteiger partial charge < -0.3 is 19.3 Å². The third-order valence-electron chi connectivity index (χ3n) is 11.2. The fourth-order valence-corrected chi connectivity index (χ4v) is 8.80. The zero-order valence-electron chi connectivity index (χ0n) is 29.0. The first-order valence-corrected chi connectivity index (χ1v) is 17.6.